The number of rotatable bonds is 9. The van der Waals surface area contributed by atoms with Crippen LogP contribution in [-0.2, 0) is 9.53 Å². The minimum Gasteiger partial charge on any atom is -0.444 e. The first-order valence-corrected chi connectivity index (χ1v) is 11.5. The molecule has 0 saturated heterocycles. The normalized spacial score (nSPS) is 13.3. The molecule has 0 fully saturated rings. The molecule has 1 atom stereocenters. The number of ether oxygens (including phenoxy) is 1. The van der Waals surface area contributed by atoms with Gasteiger partial charge in [0.2, 0.25) is 5.91 Å². The van der Waals surface area contributed by atoms with Gasteiger partial charge in [-0.3, -0.25) is 4.79 Å². The highest BCUT2D eigenvalue weighted by atomic mass is 35.5. The second-order valence-electron chi connectivity index (χ2n) is 7.38. The second kappa shape index (κ2) is 11.7. The van der Waals surface area contributed by atoms with Crippen molar-refractivity contribution >= 4 is 56.8 Å². The second-order valence-corrected chi connectivity index (χ2v) is 11.3. The van der Waals surface area contributed by atoms with Crippen molar-refractivity contribution in [2.24, 2.45) is 0 Å². The average molecular weight is 433 g/mol. The largest absolute Gasteiger partial charge is 0.444 e. The van der Waals surface area contributed by atoms with Gasteiger partial charge in [-0.2, -0.15) is 0 Å². The van der Waals surface area contributed by atoms with Gasteiger partial charge in [0.1, 0.15) is 11.6 Å². The SMILES string of the molecule is CC(C)(C)OC(=O)NC(CSSC(C)(C)C)C(=O)N(CCCl)CCCl. The summed E-state index contributed by atoms with van der Waals surface area (Å²) in [6.07, 6.45) is -0.607. The summed E-state index contributed by atoms with van der Waals surface area (Å²) in [5, 5.41) is 2.68. The van der Waals surface area contributed by atoms with E-state index in [1.165, 1.54) is 0 Å². The van der Waals surface area contributed by atoms with Gasteiger partial charge in [0, 0.05) is 35.3 Å². The van der Waals surface area contributed by atoms with Crippen LogP contribution in [0.4, 0.5) is 4.79 Å². The van der Waals surface area contributed by atoms with E-state index in [1.807, 2.05) is 0 Å². The molecule has 0 spiro atoms. The number of carbonyl (C=O) groups excluding carboxylic acids is 2. The molecule has 1 N–H and O–H groups in total. The summed E-state index contributed by atoms with van der Waals surface area (Å²) in [6, 6.07) is -0.693. The van der Waals surface area contributed by atoms with Crippen molar-refractivity contribution in [3.05, 3.63) is 0 Å². The highest BCUT2D eigenvalue weighted by Gasteiger charge is 2.28. The van der Waals surface area contributed by atoms with Gasteiger partial charge in [-0.25, -0.2) is 4.79 Å². The fourth-order valence-corrected chi connectivity index (χ4v) is 4.52. The minimum absolute atomic E-state index is 0.0517. The highest BCUT2D eigenvalue weighted by Crippen LogP contribution is 2.35. The van der Waals surface area contributed by atoms with Crippen molar-refractivity contribution in [3.8, 4) is 0 Å². The third kappa shape index (κ3) is 12.9. The molecule has 2 amide bonds. The van der Waals surface area contributed by atoms with Gasteiger partial charge in [-0.05, 0) is 20.8 Å². The zero-order valence-electron chi connectivity index (χ0n) is 15.9. The Morgan fingerprint density at radius 2 is 1.60 bits per heavy atom. The number of halogens is 2. The number of nitrogens with zero attached hydrogens (tertiary/aromatic N) is 1. The predicted octanol–water partition coefficient (Wildman–Crippen LogP) is 4.37. The fourth-order valence-electron chi connectivity index (χ4n) is 1.66. The summed E-state index contributed by atoms with van der Waals surface area (Å²) in [5.41, 5.74) is -0.628. The smallest absolute Gasteiger partial charge is 0.408 e. The highest BCUT2D eigenvalue weighted by molar-refractivity contribution is 8.77. The Kier molecular flexibility index (Phi) is 11.7. The van der Waals surface area contributed by atoms with Crippen LogP contribution in [0.5, 0.6) is 0 Å². The lowest BCUT2D eigenvalue weighted by Gasteiger charge is -2.28. The molecule has 0 bridgehead atoms. The van der Waals surface area contributed by atoms with E-state index in [2.05, 4.69) is 26.1 Å². The quantitative estimate of drug-likeness (QED) is 0.432. The van der Waals surface area contributed by atoms with Crippen LogP contribution in [0.3, 0.4) is 0 Å². The average Bonchev–Trinajstić information content (AvgIpc) is 2.42. The van der Waals surface area contributed by atoms with E-state index in [-0.39, 0.29) is 10.7 Å². The van der Waals surface area contributed by atoms with Crippen LogP contribution in [0.15, 0.2) is 0 Å². The van der Waals surface area contributed by atoms with Gasteiger partial charge in [-0.15, -0.1) is 23.2 Å². The van der Waals surface area contributed by atoms with E-state index < -0.39 is 17.7 Å². The summed E-state index contributed by atoms with van der Waals surface area (Å²) in [7, 11) is 3.20. The van der Waals surface area contributed by atoms with Gasteiger partial charge in [0.15, 0.2) is 0 Å². The van der Waals surface area contributed by atoms with Crippen LogP contribution in [0.25, 0.3) is 0 Å². The fraction of sp³-hybridized carbons (Fsp3) is 0.875. The van der Waals surface area contributed by atoms with Gasteiger partial charge in [0.25, 0.3) is 0 Å². The minimum atomic E-state index is -0.693. The van der Waals surface area contributed by atoms with Crippen LogP contribution in [0.1, 0.15) is 41.5 Å². The van der Waals surface area contributed by atoms with Crippen LogP contribution < -0.4 is 5.32 Å². The summed E-state index contributed by atoms with van der Waals surface area (Å²) in [4.78, 5) is 26.5. The summed E-state index contributed by atoms with van der Waals surface area (Å²) in [6.45, 7) is 12.4. The lowest BCUT2D eigenvalue weighted by molar-refractivity contribution is -0.132. The molecule has 9 heteroatoms. The van der Waals surface area contributed by atoms with Crippen LogP contribution in [0.2, 0.25) is 0 Å². The van der Waals surface area contributed by atoms with Gasteiger partial charge in [-0.1, -0.05) is 42.4 Å². The number of alkyl carbamates (subject to hydrolysis) is 1. The number of hydrogen-bond donors (Lipinski definition) is 1. The van der Waals surface area contributed by atoms with E-state index in [0.29, 0.717) is 30.6 Å². The molecule has 0 heterocycles. The molecule has 0 aliphatic rings. The molecule has 1 unspecified atom stereocenters. The molecule has 5 nitrogen and oxygen atoms in total. The molecular formula is C16H30Cl2N2O3S2. The Morgan fingerprint density at radius 1 is 1.08 bits per heavy atom. The number of alkyl halides is 2. The molecule has 0 aromatic rings. The number of hydrogen-bond acceptors (Lipinski definition) is 5. The third-order valence-electron chi connectivity index (χ3n) is 2.55. The zero-order chi connectivity index (χ0) is 19.7. The van der Waals surface area contributed by atoms with Crippen LogP contribution in [-0.4, -0.2) is 63.9 Å². The molecule has 0 aromatic carbocycles. The third-order valence-corrected chi connectivity index (χ3v) is 6.24. The first-order chi connectivity index (χ1) is 11.4. The molecule has 0 aliphatic heterocycles. The van der Waals surface area contributed by atoms with E-state index in [0.717, 1.165) is 0 Å². The Hall–Kier alpha value is 0.0200. The number of nitrogens with one attached hydrogen (secondary N) is 1. The first-order valence-electron chi connectivity index (χ1n) is 8.10. The van der Waals surface area contributed by atoms with Crippen LogP contribution >= 0.6 is 44.8 Å². The molecule has 0 rings (SSSR count). The van der Waals surface area contributed by atoms with E-state index in [1.54, 1.807) is 47.3 Å². The van der Waals surface area contributed by atoms with Gasteiger partial charge in [0.05, 0.1) is 0 Å². The standard InChI is InChI=1S/C16H30Cl2N2O3S2/c1-15(2,3)23-14(22)19-12(11-24-25-16(4,5)6)13(21)20(9-7-17)10-8-18/h12H,7-11H2,1-6H3,(H,19,22). The Morgan fingerprint density at radius 3 is 2.00 bits per heavy atom. The van der Waals surface area contributed by atoms with Crippen molar-refractivity contribution in [3.63, 3.8) is 0 Å². The van der Waals surface area contributed by atoms with Crippen molar-refractivity contribution in [1.82, 2.24) is 10.2 Å². The Bertz CT molecular complexity index is 421. The van der Waals surface area contributed by atoms with Crippen molar-refractivity contribution in [1.29, 1.82) is 0 Å². The Balaban J connectivity index is 5.02. The van der Waals surface area contributed by atoms with Crippen molar-refractivity contribution in [2.45, 2.75) is 57.9 Å². The summed E-state index contributed by atoms with van der Waals surface area (Å²) < 4.78 is 5.33. The molecule has 25 heavy (non-hydrogen) atoms. The van der Waals surface area contributed by atoms with Crippen molar-refractivity contribution in [2.75, 3.05) is 30.6 Å². The lowest BCUT2D eigenvalue weighted by atomic mass is 10.2. The summed E-state index contributed by atoms with van der Waals surface area (Å²) in [5.74, 6) is 0.854. The maximum atomic E-state index is 12.8. The maximum absolute atomic E-state index is 12.8. The zero-order valence-corrected chi connectivity index (χ0v) is 19.0. The molecule has 0 aromatic heterocycles. The monoisotopic (exact) mass is 432 g/mol. The van der Waals surface area contributed by atoms with E-state index >= 15 is 0 Å². The van der Waals surface area contributed by atoms with Gasteiger partial charge >= 0.3 is 6.09 Å². The Labute approximate surface area is 169 Å². The van der Waals surface area contributed by atoms with Crippen molar-refractivity contribution < 1.29 is 14.3 Å². The number of amides is 2. The lowest BCUT2D eigenvalue weighted by Crippen LogP contribution is -2.51. The van der Waals surface area contributed by atoms with E-state index in [9.17, 15) is 9.59 Å². The topological polar surface area (TPSA) is 58.6 Å². The van der Waals surface area contributed by atoms with E-state index in [4.69, 9.17) is 27.9 Å². The molecular weight excluding hydrogens is 403 g/mol. The molecule has 0 saturated carbocycles. The maximum Gasteiger partial charge on any atom is 0.408 e. The predicted molar refractivity (Wildman–Crippen MR) is 111 cm³/mol. The van der Waals surface area contributed by atoms with Gasteiger partial charge < -0.3 is 15.0 Å². The van der Waals surface area contributed by atoms with Crippen LogP contribution in [0, 0.1) is 0 Å². The summed E-state index contributed by atoms with van der Waals surface area (Å²) >= 11 is 11.6. The molecule has 148 valence electrons. The molecule has 0 radical (unpaired) electrons. The first kappa shape index (κ1) is 25.0. The number of carbonyl (C=O) groups is 2. The molecule has 0 aliphatic carbocycles.